The molecule has 0 bridgehead atoms. The first-order valence-corrected chi connectivity index (χ1v) is 7.34. The monoisotopic (exact) mass is 344 g/mol. The molecule has 0 aliphatic heterocycles. The number of halogens is 2. The molecule has 1 aromatic heterocycles. The maximum absolute atomic E-state index is 13.5. The summed E-state index contributed by atoms with van der Waals surface area (Å²) >= 11 is 0. The molecule has 0 unspecified atom stereocenters. The van der Waals surface area contributed by atoms with Crippen LogP contribution in [0.5, 0.6) is 0 Å². The molecule has 0 atom stereocenters. The van der Waals surface area contributed by atoms with Crippen LogP contribution in [-0.2, 0) is 11.8 Å². The van der Waals surface area contributed by atoms with E-state index < -0.39 is 17.5 Å². The Kier molecular flexibility index (Phi) is 4.64. The van der Waals surface area contributed by atoms with Gasteiger partial charge in [0.2, 0.25) is 5.91 Å². The lowest BCUT2D eigenvalue weighted by atomic mass is 10.2. The predicted molar refractivity (Wildman–Crippen MR) is 87.7 cm³/mol. The van der Waals surface area contributed by atoms with Crippen molar-refractivity contribution in [3.63, 3.8) is 0 Å². The summed E-state index contributed by atoms with van der Waals surface area (Å²) in [5.74, 6) is -1.41. The number of tetrazole rings is 1. The third kappa shape index (κ3) is 3.94. The van der Waals surface area contributed by atoms with Gasteiger partial charge in [-0.25, -0.2) is 13.5 Å². The highest BCUT2D eigenvalue weighted by molar-refractivity contribution is 5.93. The minimum Gasteiger partial charge on any atom is -0.376 e. The van der Waals surface area contributed by atoms with Gasteiger partial charge in [-0.05, 0) is 34.7 Å². The zero-order chi connectivity index (χ0) is 17.8. The molecule has 3 aromatic rings. The summed E-state index contributed by atoms with van der Waals surface area (Å²) in [7, 11) is 1.72. The molecule has 2 N–H and O–H groups in total. The Morgan fingerprint density at radius 2 is 2.04 bits per heavy atom. The SMILES string of the molecule is Cn1nnnc1-c1cccc(NCC(=O)Nc2ccc(F)cc2F)c1. The lowest BCUT2D eigenvalue weighted by Crippen LogP contribution is -2.22. The minimum absolute atomic E-state index is 0.0768. The van der Waals surface area contributed by atoms with Crippen molar-refractivity contribution in [2.45, 2.75) is 0 Å². The molecule has 1 amide bonds. The molecule has 0 saturated carbocycles. The molecule has 0 fully saturated rings. The summed E-state index contributed by atoms with van der Waals surface area (Å²) in [6, 6.07) is 10.2. The van der Waals surface area contributed by atoms with Gasteiger partial charge in [0.15, 0.2) is 5.82 Å². The van der Waals surface area contributed by atoms with E-state index >= 15 is 0 Å². The Labute approximate surface area is 141 Å². The Morgan fingerprint density at radius 1 is 1.20 bits per heavy atom. The van der Waals surface area contributed by atoms with Crippen LogP contribution in [0, 0.1) is 11.6 Å². The number of aryl methyl sites for hydroxylation is 1. The standard InChI is InChI=1S/C16H14F2N6O/c1-24-16(21-22-23-24)10-3-2-4-12(7-10)19-9-15(25)20-14-6-5-11(17)8-13(14)18/h2-8,19H,9H2,1H3,(H,20,25). The number of nitrogens with zero attached hydrogens (tertiary/aromatic N) is 4. The summed E-state index contributed by atoms with van der Waals surface area (Å²) in [5.41, 5.74) is 1.38. The van der Waals surface area contributed by atoms with Gasteiger partial charge in [0.25, 0.3) is 0 Å². The summed E-state index contributed by atoms with van der Waals surface area (Å²) in [6.07, 6.45) is 0. The van der Waals surface area contributed by atoms with Crippen LogP contribution in [0.15, 0.2) is 42.5 Å². The summed E-state index contributed by atoms with van der Waals surface area (Å²) in [6.45, 7) is -0.0860. The van der Waals surface area contributed by atoms with E-state index in [1.54, 1.807) is 25.2 Å². The van der Waals surface area contributed by atoms with E-state index in [-0.39, 0.29) is 12.2 Å². The quantitative estimate of drug-likeness (QED) is 0.741. The molecule has 0 saturated heterocycles. The van der Waals surface area contributed by atoms with Crippen LogP contribution in [0.3, 0.4) is 0 Å². The van der Waals surface area contributed by atoms with E-state index in [0.717, 1.165) is 11.6 Å². The number of hydrogen-bond donors (Lipinski definition) is 2. The minimum atomic E-state index is -0.829. The number of aromatic nitrogens is 4. The van der Waals surface area contributed by atoms with Crippen molar-refractivity contribution < 1.29 is 13.6 Å². The molecule has 0 radical (unpaired) electrons. The molecule has 2 aromatic carbocycles. The van der Waals surface area contributed by atoms with Crippen molar-refractivity contribution in [1.29, 1.82) is 0 Å². The van der Waals surface area contributed by atoms with Crippen LogP contribution in [0.4, 0.5) is 20.2 Å². The van der Waals surface area contributed by atoms with Crippen molar-refractivity contribution in [2.24, 2.45) is 7.05 Å². The number of carbonyl (C=O) groups is 1. The number of hydrogen-bond acceptors (Lipinski definition) is 5. The number of nitrogens with one attached hydrogen (secondary N) is 2. The van der Waals surface area contributed by atoms with Crippen LogP contribution in [-0.4, -0.2) is 32.7 Å². The lowest BCUT2D eigenvalue weighted by Gasteiger charge is -2.09. The second-order valence-corrected chi connectivity index (χ2v) is 5.23. The molecular formula is C16H14F2N6O. The highest BCUT2D eigenvalue weighted by Gasteiger charge is 2.09. The summed E-state index contributed by atoms with van der Waals surface area (Å²) in [5, 5.41) is 16.6. The lowest BCUT2D eigenvalue weighted by molar-refractivity contribution is -0.114. The summed E-state index contributed by atoms with van der Waals surface area (Å²) in [4.78, 5) is 11.9. The molecule has 0 aliphatic carbocycles. The van der Waals surface area contributed by atoms with Gasteiger partial charge in [-0.1, -0.05) is 12.1 Å². The molecule has 0 aliphatic rings. The van der Waals surface area contributed by atoms with Crippen molar-refractivity contribution in [3.05, 3.63) is 54.1 Å². The second kappa shape index (κ2) is 7.04. The Hall–Kier alpha value is -3.36. The smallest absolute Gasteiger partial charge is 0.243 e. The first-order valence-electron chi connectivity index (χ1n) is 7.34. The van der Waals surface area contributed by atoms with Crippen molar-refractivity contribution in [2.75, 3.05) is 17.2 Å². The molecule has 1 heterocycles. The van der Waals surface area contributed by atoms with Gasteiger partial charge in [0.05, 0.1) is 12.2 Å². The fourth-order valence-electron chi connectivity index (χ4n) is 2.21. The average Bonchev–Trinajstić information content (AvgIpc) is 3.02. The highest BCUT2D eigenvalue weighted by Crippen LogP contribution is 2.19. The first-order chi connectivity index (χ1) is 12.0. The largest absolute Gasteiger partial charge is 0.376 e. The van der Waals surface area contributed by atoms with Crippen LogP contribution in [0.2, 0.25) is 0 Å². The second-order valence-electron chi connectivity index (χ2n) is 5.23. The molecule has 0 spiro atoms. The Bertz CT molecular complexity index is 911. The zero-order valence-electron chi connectivity index (χ0n) is 13.2. The third-order valence-electron chi connectivity index (χ3n) is 3.40. The normalized spacial score (nSPS) is 10.5. The van der Waals surface area contributed by atoms with Gasteiger partial charge in [0.1, 0.15) is 11.6 Å². The Morgan fingerprint density at radius 3 is 2.76 bits per heavy atom. The maximum Gasteiger partial charge on any atom is 0.243 e. The molecule has 128 valence electrons. The molecule has 25 heavy (non-hydrogen) atoms. The topological polar surface area (TPSA) is 84.7 Å². The number of rotatable bonds is 5. The number of carbonyl (C=O) groups excluding carboxylic acids is 1. The van der Waals surface area contributed by atoms with Crippen LogP contribution in [0.25, 0.3) is 11.4 Å². The van der Waals surface area contributed by atoms with Gasteiger partial charge < -0.3 is 10.6 Å². The van der Waals surface area contributed by atoms with Gasteiger partial charge in [-0.15, -0.1) is 5.10 Å². The molecular weight excluding hydrogens is 330 g/mol. The number of anilines is 2. The fraction of sp³-hybridized carbons (Fsp3) is 0.125. The van der Waals surface area contributed by atoms with Crippen LogP contribution >= 0.6 is 0 Å². The van der Waals surface area contributed by atoms with Gasteiger partial charge in [-0.3, -0.25) is 4.79 Å². The summed E-state index contributed by atoms with van der Waals surface area (Å²) < 4.78 is 27.9. The third-order valence-corrected chi connectivity index (χ3v) is 3.40. The molecule has 7 nitrogen and oxygen atoms in total. The average molecular weight is 344 g/mol. The van der Waals surface area contributed by atoms with E-state index in [9.17, 15) is 13.6 Å². The molecule has 9 heteroatoms. The van der Waals surface area contributed by atoms with Crippen LogP contribution < -0.4 is 10.6 Å². The fourth-order valence-corrected chi connectivity index (χ4v) is 2.21. The van der Waals surface area contributed by atoms with Crippen molar-refractivity contribution in [1.82, 2.24) is 20.2 Å². The maximum atomic E-state index is 13.5. The van der Waals surface area contributed by atoms with Gasteiger partial charge >= 0.3 is 0 Å². The van der Waals surface area contributed by atoms with E-state index in [2.05, 4.69) is 26.2 Å². The van der Waals surface area contributed by atoms with Gasteiger partial charge in [0, 0.05) is 24.4 Å². The van der Waals surface area contributed by atoms with E-state index in [1.807, 2.05) is 6.07 Å². The van der Waals surface area contributed by atoms with Gasteiger partial charge in [-0.2, -0.15) is 0 Å². The van der Waals surface area contributed by atoms with Crippen molar-refractivity contribution >= 4 is 17.3 Å². The van der Waals surface area contributed by atoms with Crippen LogP contribution in [0.1, 0.15) is 0 Å². The van der Waals surface area contributed by atoms with E-state index in [4.69, 9.17) is 0 Å². The highest BCUT2D eigenvalue weighted by atomic mass is 19.1. The Balaban J connectivity index is 1.63. The number of amides is 1. The molecule has 3 rings (SSSR count). The number of benzene rings is 2. The zero-order valence-corrected chi connectivity index (χ0v) is 13.2. The predicted octanol–water partition coefficient (Wildman–Crippen LogP) is 2.21. The van der Waals surface area contributed by atoms with Crippen molar-refractivity contribution in [3.8, 4) is 11.4 Å². The van der Waals surface area contributed by atoms with E-state index in [0.29, 0.717) is 17.6 Å². The first kappa shape index (κ1) is 16.5. The van der Waals surface area contributed by atoms with E-state index in [1.165, 1.54) is 10.7 Å².